The molecular formula is C4H10O9PS2+. The van der Waals surface area contributed by atoms with Crippen molar-refractivity contribution in [3.63, 3.8) is 0 Å². The van der Waals surface area contributed by atoms with Crippen molar-refractivity contribution in [2.45, 2.75) is 0 Å². The fourth-order valence-corrected chi connectivity index (χ4v) is 1.28. The molecule has 0 unspecified atom stereocenters. The molecule has 0 aliphatic heterocycles. The van der Waals surface area contributed by atoms with Crippen molar-refractivity contribution in [3.05, 3.63) is 0 Å². The van der Waals surface area contributed by atoms with Gasteiger partial charge in [-0.25, -0.2) is 8.37 Å². The molecule has 0 N–H and O–H groups in total. The second-order valence-corrected chi connectivity index (χ2v) is 6.61. The zero-order chi connectivity index (χ0) is 12.8. The fraction of sp³-hybridized carbons (Fsp3) is 1.00. The van der Waals surface area contributed by atoms with Gasteiger partial charge in [0.2, 0.25) is 13.6 Å². The van der Waals surface area contributed by atoms with Gasteiger partial charge in [0.1, 0.15) is 0 Å². The molecule has 0 aliphatic carbocycles. The van der Waals surface area contributed by atoms with Gasteiger partial charge in [-0.1, -0.05) is 9.05 Å². The third-order valence-corrected chi connectivity index (χ3v) is 2.52. The van der Waals surface area contributed by atoms with E-state index in [0.717, 1.165) is 12.5 Å². The number of rotatable bonds is 8. The van der Waals surface area contributed by atoms with E-state index in [2.05, 4.69) is 17.4 Å². The van der Waals surface area contributed by atoms with Gasteiger partial charge in [-0.3, -0.25) is 0 Å². The Kier molecular flexibility index (Phi) is 6.48. The van der Waals surface area contributed by atoms with Crippen LogP contribution >= 0.6 is 8.25 Å². The molecule has 0 bridgehead atoms. The SMILES string of the molecule is CS(=O)(=O)OCO[P+](=O)OCOS(C)(=O)=O. The van der Waals surface area contributed by atoms with Crippen molar-refractivity contribution < 1.29 is 38.8 Å². The van der Waals surface area contributed by atoms with E-state index in [4.69, 9.17) is 0 Å². The summed E-state index contributed by atoms with van der Waals surface area (Å²) in [5, 5.41) is 0. The fourth-order valence-electron chi connectivity index (χ4n) is 0.341. The van der Waals surface area contributed by atoms with Crippen LogP contribution in [-0.2, 0) is 42.2 Å². The Morgan fingerprint density at radius 3 is 1.44 bits per heavy atom. The molecule has 0 radical (unpaired) electrons. The molecule has 16 heavy (non-hydrogen) atoms. The summed E-state index contributed by atoms with van der Waals surface area (Å²) in [6.45, 7) is -1.60. The quantitative estimate of drug-likeness (QED) is 0.332. The van der Waals surface area contributed by atoms with Crippen molar-refractivity contribution in [2.75, 3.05) is 26.1 Å². The highest BCUT2D eigenvalue weighted by Gasteiger charge is 2.22. The van der Waals surface area contributed by atoms with E-state index in [1.807, 2.05) is 0 Å². The summed E-state index contributed by atoms with van der Waals surface area (Å²) < 4.78 is 69.1. The van der Waals surface area contributed by atoms with Crippen LogP contribution in [0.5, 0.6) is 0 Å². The van der Waals surface area contributed by atoms with Crippen LogP contribution in [0.4, 0.5) is 0 Å². The van der Waals surface area contributed by atoms with Gasteiger partial charge in [0, 0.05) is 4.57 Å². The third kappa shape index (κ3) is 11.9. The first kappa shape index (κ1) is 15.8. The minimum Gasteiger partial charge on any atom is -0.236 e. The normalized spacial score (nSPS) is 12.6. The zero-order valence-electron chi connectivity index (χ0n) is 8.35. The van der Waals surface area contributed by atoms with Gasteiger partial charge >= 0.3 is 8.25 Å². The predicted molar refractivity (Wildman–Crippen MR) is 51.4 cm³/mol. The molecule has 0 aromatic heterocycles. The second-order valence-electron chi connectivity index (χ2n) is 2.36. The molecule has 0 fully saturated rings. The summed E-state index contributed by atoms with van der Waals surface area (Å²) in [6, 6.07) is 0. The summed E-state index contributed by atoms with van der Waals surface area (Å²) in [4.78, 5) is 0. The van der Waals surface area contributed by atoms with E-state index in [1.54, 1.807) is 0 Å². The maximum Gasteiger partial charge on any atom is 0.702 e. The van der Waals surface area contributed by atoms with Gasteiger partial charge in [0.05, 0.1) is 12.5 Å². The second kappa shape index (κ2) is 6.55. The standard InChI is InChI=1S/C4H10O9PS2/c1-15(6,7)12-3-10-14(5)11-4-13-16(2,8)9/h3-4H2,1-2H3/q+1. The van der Waals surface area contributed by atoms with E-state index < -0.39 is 42.1 Å². The molecule has 0 aromatic carbocycles. The van der Waals surface area contributed by atoms with E-state index in [1.165, 1.54) is 0 Å². The molecular weight excluding hydrogens is 287 g/mol. The molecule has 0 heterocycles. The van der Waals surface area contributed by atoms with Crippen LogP contribution in [-0.4, -0.2) is 42.9 Å². The van der Waals surface area contributed by atoms with Gasteiger partial charge < -0.3 is 0 Å². The Labute approximate surface area is 93.8 Å². The van der Waals surface area contributed by atoms with Crippen LogP contribution in [0.2, 0.25) is 0 Å². The van der Waals surface area contributed by atoms with Crippen molar-refractivity contribution in [3.8, 4) is 0 Å². The monoisotopic (exact) mass is 297 g/mol. The highest BCUT2D eigenvalue weighted by molar-refractivity contribution is 7.86. The molecule has 0 saturated carbocycles. The summed E-state index contributed by atoms with van der Waals surface area (Å²) in [5.74, 6) is 0. The van der Waals surface area contributed by atoms with Gasteiger partial charge in [-0.15, -0.1) is 0 Å². The summed E-state index contributed by atoms with van der Waals surface area (Å²) >= 11 is 0. The first-order valence-electron chi connectivity index (χ1n) is 3.52. The maximum absolute atomic E-state index is 10.8. The maximum atomic E-state index is 10.8. The lowest BCUT2D eigenvalue weighted by Crippen LogP contribution is -2.06. The van der Waals surface area contributed by atoms with Crippen LogP contribution in [0.25, 0.3) is 0 Å². The Hall–Kier alpha value is -0.160. The zero-order valence-corrected chi connectivity index (χ0v) is 10.9. The Balaban J connectivity index is 3.69. The van der Waals surface area contributed by atoms with Gasteiger partial charge in [-0.2, -0.15) is 16.8 Å². The van der Waals surface area contributed by atoms with E-state index in [-0.39, 0.29) is 0 Å². The molecule has 96 valence electrons. The Bertz CT molecular complexity index is 382. The Morgan fingerprint density at radius 1 is 0.875 bits per heavy atom. The van der Waals surface area contributed by atoms with Gasteiger partial charge in [0.15, 0.2) is 0 Å². The van der Waals surface area contributed by atoms with Crippen LogP contribution < -0.4 is 0 Å². The number of hydrogen-bond donors (Lipinski definition) is 0. The van der Waals surface area contributed by atoms with Crippen LogP contribution in [0.15, 0.2) is 0 Å². The highest BCUT2D eigenvalue weighted by atomic mass is 32.2. The molecule has 0 saturated heterocycles. The lowest BCUT2D eigenvalue weighted by Gasteiger charge is -1.95. The molecule has 12 heteroatoms. The van der Waals surface area contributed by atoms with E-state index >= 15 is 0 Å². The first-order valence-corrected chi connectivity index (χ1v) is 8.25. The van der Waals surface area contributed by atoms with Crippen LogP contribution in [0.1, 0.15) is 0 Å². The molecule has 0 rings (SSSR count). The van der Waals surface area contributed by atoms with Crippen LogP contribution in [0.3, 0.4) is 0 Å². The van der Waals surface area contributed by atoms with Crippen molar-refractivity contribution in [1.82, 2.24) is 0 Å². The highest BCUT2D eigenvalue weighted by Crippen LogP contribution is 2.23. The average Bonchev–Trinajstić information content (AvgIpc) is 1.98. The smallest absolute Gasteiger partial charge is 0.236 e. The summed E-state index contributed by atoms with van der Waals surface area (Å²) in [5.41, 5.74) is 0. The van der Waals surface area contributed by atoms with E-state index in [9.17, 15) is 21.4 Å². The minimum absolute atomic E-state index is 0.775. The van der Waals surface area contributed by atoms with E-state index in [0.29, 0.717) is 0 Å². The van der Waals surface area contributed by atoms with Crippen molar-refractivity contribution >= 4 is 28.5 Å². The van der Waals surface area contributed by atoms with Gasteiger partial charge in [0.25, 0.3) is 20.2 Å². The molecule has 0 atom stereocenters. The molecule has 9 nitrogen and oxygen atoms in total. The average molecular weight is 297 g/mol. The molecule has 0 aliphatic rings. The number of hydrogen-bond acceptors (Lipinski definition) is 9. The molecule has 0 aromatic rings. The topological polar surface area (TPSA) is 122 Å². The predicted octanol–water partition coefficient (Wildman–Crippen LogP) is -0.456. The summed E-state index contributed by atoms with van der Waals surface area (Å²) in [7, 11) is -10.1. The largest absolute Gasteiger partial charge is 0.702 e. The lowest BCUT2D eigenvalue weighted by atomic mass is 11.6. The summed E-state index contributed by atoms with van der Waals surface area (Å²) in [6.07, 6.45) is 1.55. The molecule has 0 amide bonds. The first-order chi connectivity index (χ1) is 7.10. The van der Waals surface area contributed by atoms with Crippen molar-refractivity contribution in [1.29, 1.82) is 0 Å². The lowest BCUT2D eigenvalue weighted by molar-refractivity contribution is 0.0763. The Morgan fingerprint density at radius 2 is 1.19 bits per heavy atom. The minimum atomic E-state index is -3.70. The van der Waals surface area contributed by atoms with Gasteiger partial charge in [-0.05, 0) is 0 Å². The molecule has 0 spiro atoms. The van der Waals surface area contributed by atoms with Crippen LogP contribution in [0, 0.1) is 0 Å². The van der Waals surface area contributed by atoms with Crippen molar-refractivity contribution in [2.24, 2.45) is 0 Å². The third-order valence-electron chi connectivity index (χ3n) is 0.841.